The molecule has 2 rings (SSSR count). The zero-order chi connectivity index (χ0) is 14.2. The number of fused-ring (bicyclic) bond motifs is 1. The van der Waals surface area contributed by atoms with E-state index < -0.39 is 0 Å². The molecule has 20 heavy (non-hydrogen) atoms. The van der Waals surface area contributed by atoms with Crippen molar-refractivity contribution >= 4 is 16.7 Å². The molecule has 2 heteroatoms. The van der Waals surface area contributed by atoms with Crippen LogP contribution in [0.25, 0.3) is 10.9 Å². The quantitative estimate of drug-likeness (QED) is 0.395. The highest BCUT2D eigenvalue weighted by molar-refractivity contribution is 6.13. The molecule has 1 heterocycles. The second kappa shape index (κ2) is 7.68. The van der Waals surface area contributed by atoms with Gasteiger partial charge in [0.2, 0.25) is 0 Å². The van der Waals surface area contributed by atoms with E-state index in [2.05, 4.69) is 11.9 Å². The van der Waals surface area contributed by atoms with Crippen molar-refractivity contribution in [3.05, 3.63) is 48.2 Å². The van der Waals surface area contributed by atoms with Crippen LogP contribution in [-0.4, -0.2) is 10.8 Å². The smallest absolute Gasteiger partial charge is 0.187 e. The molecule has 0 atom stereocenters. The Morgan fingerprint density at radius 1 is 1.15 bits per heavy atom. The molecular formula is C18H23NO. The molecule has 0 saturated carbocycles. The maximum atomic E-state index is 12.1. The molecule has 0 fully saturated rings. The topological polar surface area (TPSA) is 32.9 Å². The minimum absolute atomic E-state index is 0.0935. The van der Waals surface area contributed by atoms with E-state index in [1.54, 1.807) is 12.3 Å². The second-order valence-electron chi connectivity index (χ2n) is 5.22. The lowest BCUT2D eigenvalue weighted by molar-refractivity contribution is 0.104. The normalized spacial score (nSPS) is 11.4. The number of hydrogen-bond acceptors (Lipinski definition) is 1. The van der Waals surface area contributed by atoms with Crippen LogP contribution >= 0.6 is 0 Å². The summed E-state index contributed by atoms with van der Waals surface area (Å²) < 4.78 is 0. The van der Waals surface area contributed by atoms with Gasteiger partial charge in [-0.1, -0.05) is 56.9 Å². The summed E-state index contributed by atoms with van der Waals surface area (Å²) in [5.74, 6) is 0.0935. The molecule has 2 aromatic rings. The number of carbonyl (C=O) groups excluding carboxylic acids is 1. The molecule has 0 aliphatic rings. The minimum Gasteiger partial charge on any atom is -0.360 e. The van der Waals surface area contributed by atoms with E-state index >= 15 is 0 Å². The molecule has 0 amide bonds. The van der Waals surface area contributed by atoms with Gasteiger partial charge in [-0.05, 0) is 25.0 Å². The van der Waals surface area contributed by atoms with Gasteiger partial charge in [0, 0.05) is 22.7 Å². The van der Waals surface area contributed by atoms with Crippen molar-refractivity contribution in [2.75, 3.05) is 0 Å². The van der Waals surface area contributed by atoms with Crippen LogP contribution in [0.5, 0.6) is 0 Å². The Hall–Kier alpha value is -1.83. The summed E-state index contributed by atoms with van der Waals surface area (Å²) in [5, 5.41) is 1.00. The first-order valence-electron chi connectivity index (χ1n) is 7.60. The van der Waals surface area contributed by atoms with Crippen molar-refractivity contribution < 1.29 is 4.79 Å². The van der Waals surface area contributed by atoms with Gasteiger partial charge in [0.05, 0.1) is 0 Å². The molecule has 2 nitrogen and oxygen atoms in total. The van der Waals surface area contributed by atoms with Crippen LogP contribution in [0.15, 0.2) is 42.6 Å². The molecule has 0 unspecified atom stereocenters. The molecular weight excluding hydrogens is 246 g/mol. The maximum absolute atomic E-state index is 12.1. The van der Waals surface area contributed by atoms with Gasteiger partial charge in [-0.15, -0.1) is 0 Å². The Morgan fingerprint density at radius 2 is 1.95 bits per heavy atom. The molecule has 0 bridgehead atoms. The largest absolute Gasteiger partial charge is 0.360 e. The number of allylic oxidation sites excluding steroid dienone is 2. The SMILES string of the molecule is CCCCCCC/C=C/C(=O)c1c[nH]c2ccccc12. The van der Waals surface area contributed by atoms with Gasteiger partial charge in [-0.2, -0.15) is 0 Å². The van der Waals surface area contributed by atoms with Gasteiger partial charge in [-0.3, -0.25) is 4.79 Å². The van der Waals surface area contributed by atoms with E-state index in [1.807, 2.05) is 30.3 Å². The van der Waals surface area contributed by atoms with Crippen LogP contribution in [0.1, 0.15) is 55.8 Å². The van der Waals surface area contributed by atoms with Crippen LogP contribution in [0.2, 0.25) is 0 Å². The van der Waals surface area contributed by atoms with Crippen molar-refractivity contribution in [1.29, 1.82) is 0 Å². The summed E-state index contributed by atoms with van der Waals surface area (Å²) in [5.41, 5.74) is 1.78. The number of ketones is 1. The molecule has 0 spiro atoms. The van der Waals surface area contributed by atoms with E-state index in [1.165, 1.54) is 32.1 Å². The first-order valence-corrected chi connectivity index (χ1v) is 7.60. The fourth-order valence-corrected chi connectivity index (χ4v) is 2.42. The van der Waals surface area contributed by atoms with Gasteiger partial charge < -0.3 is 4.98 Å². The Bertz CT molecular complexity index is 580. The predicted octanol–water partition coefficient (Wildman–Crippen LogP) is 5.27. The van der Waals surface area contributed by atoms with Gasteiger partial charge in [0.25, 0.3) is 0 Å². The van der Waals surface area contributed by atoms with Crippen LogP contribution in [0.3, 0.4) is 0 Å². The first-order chi connectivity index (χ1) is 9.83. The summed E-state index contributed by atoms with van der Waals surface area (Å²) in [6, 6.07) is 7.91. The summed E-state index contributed by atoms with van der Waals surface area (Å²) in [6.07, 6.45) is 12.9. The molecule has 106 valence electrons. The zero-order valence-corrected chi connectivity index (χ0v) is 12.2. The minimum atomic E-state index is 0.0935. The number of aromatic amines is 1. The van der Waals surface area contributed by atoms with E-state index in [0.717, 1.165) is 22.9 Å². The fourth-order valence-electron chi connectivity index (χ4n) is 2.42. The van der Waals surface area contributed by atoms with Gasteiger partial charge in [0.15, 0.2) is 5.78 Å². The van der Waals surface area contributed by atoms with E-state index in [9.17, 15) is 4.79 Å². The lowest BCUT2D eigenvalue weighted by Crippen LogP contribution is -1.92. The van der Waals surface area contributed by atoms with Crippen molar-refractivity contribution in [3.63, 3.8) is 0 Å². The lowest BCUT2D eigenvalue weighted by atomic mass is 10.1. The van der Waals surface area contributed by atoms with Gasteiger partial charge in [0.1, 0.15) is 0 Å². The average Bonchev–Trinajstić information content (AvgIpc) is 2.90. The number of carbonyl (C=O) groups is 1. The first kappa shape index (κ1) is 14.6. The molecule has 0 saturated heterocycles. The molecule has 0 aliphatic heterocycles. The Labute approximate surface area is 120 Å². The van der Waals surface area contributed by atoms with Crippen LogP contribution in [0.4, 0.5) is 0 Å². The van der Waals surface area contributed by atoms with Gasteiger partial charge in [-0.25, -0.2) is 0 Å². The molecule has 1 N–H and O–H groups in total. The van der Waals surface area contributed by atoms with Crippen LogP contribution < -0.4 is 0 Å². The third-order valence-corrected chi connectivity index (χ3v) is 3.60. The molecule has 0 aliphatic carbocycles. The highest BCUT2D eigenvalue weighted by atomic mass is 16.1. The summed E-state index contributed by atoms with van der Waals surface area (Å²) in [6.45, 7) is 2.22. The number of para-hydroxylation sites is 1. The Morgan fingerprint density at radius 3 is 2.80 bits per heavy atom. The fraction of sp³-hybridized carbons (Fsp3) is 0.389. The zero-order valence-electron chi connectivity index (χ0n) is 12.2. The monoisotopic (exact) mass is 269 g/mol. The molecule has 1 aromatic carbocycles. The van der Waals surface area contributed by atoms with Crippen molar-refractivity contribution in [3.8, 4) is 0 Å². The van der Waals surface area contributed by atoms with E-state index in [-0.39, 0.29) is 5.78 Å². The third-order valence-electron chi connectivity index (χ3n) is 3.60. The number of rotatable bonds is 8. The maximum Gasteiger partial charge on any atom is 0.187 e. The average molecular weight is 269 g/mol. The number of H-pyrrole nitrogens is 1. The third kappa shape index (κ3) is 3.83. The Kier molecular flexibility index (Phi) is 5.60. The highest BCUT2D eigenvalue weighted by Gasteiger charge is 2.08. The predicted molar refractivity (Wildman–Crippen MR) is 85.1 cm³/mol. The van der Waals surface area contributed by atoms with Gasteiger partial charge >= 0.3 is 0 Å². The van der Waals surface area contributed by atoms with Crippen LogP contribution in [-0.2, 0) is 0 Å². The number of aromatic nitrogens is 1. The van der Waals surface area contributed by atoms with E-state index in [4.69, 9.17) is 0 Å². The summed E-state index contributed by atoms with van der Waals surface area (Å²) in [4.78, 5) is 15.3. The molecule has 0 radical (unpaired) electrons. The number of nitrogens with one attached hydrogen (secondary N) is 1. The van der Waals surface area contributed by atoms with Crippen molar-refractivity contribution in [2.45, 2.75) is 45.4 Å². The number of hydrogen-bond donors (Lipinski definition) is 1. The van der Waals surface area contributed by atoms with Crippen molar-refractivity contribution in [1.82, 2.24) is 4.98 Å². The lowest BCUT2D eigenvalue weighted by Gasteiger charge is -1.96. The Balaban J connectivity index is 1.85. The van der Waals surface area contributed by atoms with Crippen LogP contribution in [0, 0.1) is 0 Å². The number of benzene rings is 1. The number of unbranched alkanes of at least 4 members (excludes halogenated alkanes) is 5. The molecule has 1 aromatic heterocycles. The summed E-state index contributed by atoms with van der Waals surface area (Å²) in [7, 11) is 0. The standard InChI is InChI=1S/C18H23NO/c1-2-3-4-5-6-7-8-13-18(20)16-14-19-17-12-10-9-11-15(16)17/h8-14,19H,2-7H2,1H3/b13-8+. The van der Waals surface area contributed by atoms with E-state index in [0.29, 0.717) is 0 Å². The summed E-state index contributed by atoms with van der Waals surface area (Å²) >= 11 is 0. The van der Waals surface area contributed by atoms with Crippen molar-refractivity contribution in [2.24, 2.45) is 0 Å². The highest BCUT2D eigenvalue weighted by Crippen LogP contribution is 2.18. The second-order valence-corrected chi connectivity index (χ2v) is 5.22.